The Labute approximate surface area is 171 Å². The second-order valence-corrected chi connectivity index (χ2v) is 7.09. The summed E-state index contributed by atoms with van der Waals surface area (Å²) in [6, 6.07) is 22.0. The number of furan rings is 1. The quantitative estimate of drug-likeness (QED) is 0.573. The molecule has 150 valence electrons. The van der Waals surface area contributed by atoms with E-state index in [0.717, 1.165) is 24.2 Å². The number of hydrogen-bond donors (Lipinski definition) is 2. The second kappa shape index (κ2) is 10.3. The maximum absolute atomic E-state index is 12.6. The van der Waals surface area contributed by atoms with Gasteiger partial charge in [-0.3, -0.25) is 9.59 Å². The highest BCUT2D eigenvalue weighted by Gasteiger charge is 2.20. The molecular weight excluding hydrogens is 364 g/mol. The summed E-state index contributed by atoms with van der Waals surface area (Å²) in [7, 11) is 0. The number of nitrogens with one attached hydrogen (secondary N) is 2. The summed E-state index contributed by atoms with van der Waals surface area (Å²) in [4.78, 5) is 25.2. The van der Waals surface area contributed by atoms with Crippen LogP contribution < -0.4 is 10.6 Å². The van der Waals surface area contributed by atoms with E-state index >= 15 is 0 Å². The molecule has 0 aliphatic rings. The maximum atomic E-state index is 12.6. The fraction of sp³-hybridized carbons (Fsp3) is 0.250. The van der Waals surface area contributed by atoms with Gasteiger partial charge in [-0.05, 0) is 43.2 Å². The van der Waals surface area contributed by atoms with Crippen LogP contribution in [0.25, 0.3) is 0 Å². The number of amides is 2. The van der Waals surface area contributed by atoms with E-state index in [0.29, 0.717) is 5.56 Å². The molecule has 1 heterocycles. The number of carbonyl (C=O) groups excluding carboxylic acids is 2. The average Bonchev–Trinajstić information content (AvgIpc) is 3.27. The molecule has 3 aromatic rings. The van der Waals surface area contributed by atoms with Gasteiger partial charge in [0, 0.05) is 18.0 Å². The fourth-order valence-electron chi connectivity index (χ4n) is 3.17. The van der Waals surface area contributed by atoms with Crippen molar-refractivity contribution >= 4 is 11.8 Å². The van der Waals surface area contributed by atoms with Gasteiger partial charge in [-0.2, -0.15) is 0 Å². The zero-order valence-corrected chi connectivity index (χ0v) is 16.5. The van der Waals surface area contributed by atoms with Crippen molar-refractivity contribution in [2.75, 3.05) is 0 Å². The molecule has 2 aromatic carbocycles. The summed E-state index contributed by atoms with van der Waals surface area (Å²) < 4.78 is 5.34. The van der Waals surface area contributed by atoms with Crippen LogP contribution in [-0.4, -0.2) is 17.9 Å². The summed E-state index contributed by atoms with van der Waals surface area (Å²) >= 11 is 0. The van der Waals surface area contributed by atoms with Crippen LogP contribution in [0.15, 0.2) is 83.5 Å². The lowest BCUT2D eigenvalue weighted by atomic mass is 10.0. The summed E-state index contributed by atoms with van der Waals surface area (Å²) in [5, 5.41) is 6.02. The predicted octanol–water partition coefficient (Wildman–Crippen LogP) is 4.28. The Kier molecular flexibility index (Phi) is 7.22. The van der Waals surface area contributed by atoms with E-state index in [1.807, 2.05) is 67.6 Å². The molecule has 5 heteroatoms. The van der Waals surface area contributed by atoms with Gasteiger partial charge in [0.05, 0.1) is 18.7 Å². The highest BCUT2D eigenvalue weighted by Crippen LogP contribution is 2.18. The summed E-state index contributed by atoms with van der Waals surface area (Å²) in [5.41, 5.74) is 1.47. The second-order valence-electron chi connectivity index (χ2n) is 7.09. The Morgan fingerprint density at radius 3 is 2.24 bits per heavy atom. The van der Waals surface area contributed by atoms with Crippen LogP contribution in [-0.2, 0) is 11.2 Å². The van der Waals surface area contributed by atoms with E-state index in [1.165, 1.54) is 0 Å². The van der Waals surface area contributed by atoms with Gasteiger partial charge >= 0.3 is 0 Å². The van der Waals surface area contributed by atoms with Gasteiger partial charge in [0.2, 0.25) is 5.91 Å². The Bertz CT molecular complexity index is 892. The van der Waals surface area contributed by atoms with Crippen molar-refractivity contribution < 1.29 is 14.0 Å². The molecule has 2 amide bonds. The third kappa shape index (κ3) is 6.35. The van der Waals surface area contributed by atoms with Crippen molar-refractivity contribution in [3.63, 3.8) is 0 Å². The van der Waals surface area contributed by atoms with Gasteiger partial charge < -0.3 is 15.1 Å². The molecule has 2 atom stereocenters. The van der Waals surface area contributed by atoms with Gasteiger partial charge in [-0.1, -0.05) is 48.5 Å². The molecule has 3 rings (SSSR count). The molecule has 0 unspecified atom stereocenters. The molecule has 29 heavy (non-hydrogen) atoms. The van der Waals surface area contributed by atoms with Gasteiger partial charge in [-0.25, -0.2) is 0 Å². The van der Waals surface area contributed by atoms with Crippen LogP contribution in [0.1, 0.15) is 47.5 Å². The number of carbonyl (C=O) groups is 2. The standard InChI is InChI=1S/C24H26N2O3/c1-18(14-15-21-13-8-16-29-21)25-23(27)17-22(19-9-4-2-5-10-19)26-24(28)20-11-6-3-7-12-20/h2-13,16,18,22H,14-15,17H2,1H3,(H,25,27)(H,26,28)/t18-,22+/m0/s1. The average molecular weight is 390 g/mol. The van der Waals surface area contributed by atoms with Crippen molar-refractivity contribution in [2.24, 2.45) is 0 Å². The van der Waals surface area contributed by atoms with Crippen molar-refractivity contribution in [2.45, 2.75) is 38.3 Å². The lowest BCUT2D eigenvalue weighted by Crippen LogP contribution is -2.37. The van der Waals surface area contributed by atoms with E-state index < -0.39 is 6.04 Å². The van der Waals surface area contributed by atoms with Crippen molar-refractivity contribution in [3.05, 3.63) is 95.9 Å². The number of benzene rings is 2. The number of hydrogen-bond acceptors (Lipinski definition) is 3. The smallest absolute Gasteiger partial charge is 0.251 e. The minimum atomic E-state index is -0.402. The molecule has 0 saturated carbocycles. The van der Waals surface area contributed by atoms with Gasteiger partial charge in [-0.15, -0.1) is 0 Å². The molecule has 0 saturated heterocycles. The van der Waals surface area contributed by atoms with Gasteiger partial charge in [0.1, 0.15) is 5.76 Å². The molecule has 0 radical (unpaired) electrons. The van der Waals surface area contributed by atoms with E-state index in [9.17, 15) is 9.59 Å². The third-order valence-electron chi connectivity index (χ3n) is 4.74. The Balaban J connectivity index is 1.60. The van der Waals surface area contributed by atoms with E-state index in [-0.39, 0.29) is 24.3 Å². The number of aryl methyl sites for hydroxylation is 1. The minimum Gasteiger partial charge on any atom is -0.469 e. The largest absolute Gasteiger partial charge is 0.469 e. The van der Waals surface area contributed by atoms with E-state index in [1.54, 1.807) is 18.4 Å². The summed E-state index contributed by atoms with van der Waals surface area (Å²) in [6.07, 6.45) is 3.37. The molecule has 0 aliphatic heterocycles. The first-order valence-electron chi connectivity index (χ1n) is 9.84. The normalized spacial score (nSPS) is 12.7. The van der Waals surface area contributed by atoms with E-state index in [4.69, 9.17) is 4.42 Å². The van der Waals surface area contributed by atoms with Crippen molar-refractivity contribution in [1.82, 2.24) is 10.6 Å². The molecular formula is C24H26N2O3. The first kappa shape index (κ1) is 20.4. The van der Waals surface area contributed by atoms with Crippen molar-refractivity contribution in [3.8, 4) is 0 Å². The highest BCUT2D eigenvalue weighted by molar-refractivity contribution is 5.94. The van der Waals surface area contributed by atoms with Crippen molar-refractivity contribution in [1.29, 1.82) is 0 Å². The lowest BCUT2D eigenvalue weighted by Gasteiger charge is -2.21. The van der Waals surface area contributed by atoms with Crippen LogP contribution in [0.2, 0.25) is 0 Å². The Morgan fingerprint density at radius 2 is 1.59 bits per heavy atom. The fourth-order valence-corrected chi connectivity index (χ4v) is 3.17. The summed E-state index contributed by atoms with van der Waals surface area (Å²) in [6.45, 7) is 1.97. The van der Waals surface area contributed by atoms with Crippen LogP contribution in [0.5, 0.6) is 0 Å². The van der Waals surface area contributed by atoms with Crippen LogP contribution >= 0.6 is 0 Å². The van der Waals surface area contributed by atoms with Crippen LogP contribution in [0, 0.1) is 0 Å². The third-order valence-corrected chi connectivity index (χ3v) is 4.74. The molecule has 1 aromatic heterocycles. The molecule has 0 aliphatic carbocycles. The minimum absolute atomic E-state index is 0.00819. The first-order valence-corrected chi connectivity index (χ1v) is 9.84. The highest BCUT2D eigenvalue weighted by atomic mass is 16.3. The molecule has 0 bridgehead atoms. The summed E-state index contributed by atoms with van der Waals surface area (Å²) in [5.74, 6) is 0.612. The monoisotopic (exact) mass is 390 g/mol. The molecule has 0 fully saturated rings. The number of rotatable bonds is 9. The zero-order valence-electron chi connectivity index (χ0n) is 16.5. The maximum Gasteiger partial charge on any atom is 0.251 e. The van der Waals surface area contributed by atoms with Gasteiger partial charge in [0.15, 0.2) is 0 Å². The topological polar surface area (TPSA) is 71.3 Å². The Morgan fingerprint density at radius 1 is 0.897 bits per heavy atom. The lowest BCUT2D eigenvalue weighted by molar-refractivity contribution is -0.122. The van der Waals surface area contributed by atoms with E-state index in [2.05, 4.69) is 10.6 Å². The van der Waals surface area contributed by atoms with Crippen LogP contribution in [0.3, 0.4) is 0 Å². The Hall–Kier alpha value is -3.34. The van der Waals surface area contributed by atoms with Crippen LogP contribution in [0.4, 0.5) is 0 Å². The zero-order chi connectivity index (χ0) is 20.5. The molecule has 0 spiro atoms. The predicted molar refractivity (Wildman–Crippen MR) is 112 cm³/mol. The first-order chi connectivity index (χ1) is 14.1. The van der Waals surface area contributed by atoms with Gasteiger partial charge in [0.25, 0.3) is 5.91 Å². The molecule has 5 nitrogen and oxygen atoms in total. The molecule has 2 N–H and O–H groups in total. The SMILES string of the molecule is C[C@@H](CCc1ccco1)NC(=O)C[C@@H](NC(=O)c1ccccc1)c1ccccc1.